The molecule has 0 aliphatic carbocycles. The van der Waals surface area contributed by atoms with E-state index in [0.29, 0.717) is 29.4 Å². The quantitative estimate of drug-likeness (QED) is 0.218. The van der Waals surface area contributed by atoms with Gasteiger partial charge in [0.05, 0.1) is 18.9 Å². The number of anilines is 2. The summed E-state index contributed by atoms with van der Waals surface area (Å²) < 4.78 is 16.6. The van der Waals surface area contributed by atoms with Gasteiger partial charge in [0, 0.05) is 30.5 Å². The van der Waals surface area contributed by atoms with Crippen molar-refractivity contribution in [2.45, 2.75) is 25.5 Å². The van der Waals surface area contributed by atoms with Gasteiger partial charge in [0.1, 0.15) is 11.9 Å². The van der Waals surface area contributed by atoms with Gasteiger partial charge in [-0.2, -0.15) is 0 Å². The fourth-order valence-electron chi connectivity index (χ4n) is 4.80. The number of aromatic nitrogens is 1. The van der Waals surface area contributed by atoms with E-state index in [2.05, 4.69) is 25.8 Å². The Hall–Kier alpha value is -4.83. The van der Waals surface area contributed by atoms with Crippen molar-refractivity contribution in [2.75, 3.05) is 37.4 Å². The van der Waals surface area contributed by atoms with Crippen molar-refractivity contribution in [1.29, 1.82) is 0 Å². The molecule has 1 unspecified atom stereocenters. The number of ether oxygens (including phenoxy) is 2. The molecule has 5 rings (SSSR count). The van der Waals surface area contributed by atoms with Crippen molar-refractivity contribution in [2.24, 2.45) is 0 Å². The second-order valence-electron chi connectivity index (χ2n) is 9.73. The van der Waals surface area contributed by atoms with E-state index in [0.717, 1.165) is 29.8 Å². The number of nitrogens with one attached hydrogen (secondary N) is 3. The molecule has 4 aromatic rings. The van der Waals surface area contributed by atoms with Crippen LogP contribution in [0.1, 0.15) is 30.1 Å². The molecule has 0 spiro atoms. The molecule has 0 saturated carbocycles. The largest absolute Gasteiger partial charge is 0.496 e. The van der Waals surface area contributed by atoms with Crippen LogP contribution in [0.4, 0.5) is 21.0 Å². The third-order valence-corrected chi connectivity index (χ3v) is 6.82. The van der Waals surface area contributed by atoms with Crippen LogP contribution in [-0.2, 0) is 11.3 Å². The molecule has 1 fully saturated rings. The summed E-state index contributed by atoms with van der Waals surface area (Å²) in [5.74, 6) is 1.10. The van der Waals surface area contributed by atoms with Crippen LogP contribution in [0.2, 0.25) is 0 Å². The van der Waals surface area contributed by atoms with E-state index >= 15 is 0 Å². The molecule has 2 heterocycles. The number of amides is 3. The lowest BCUT2D eigenvalue weighted by molar-refractivity contribution is 0.0748. The third kappa shape index (κ3) is 7.64. The molecular formula is C31H33N5O5. The highest BCUT2D eigenvalue weighted by molar-refractivity contribution is 6.00. The Labute approximate surface area is 238 Å². The average molecular weight is 556 g/mol. The summed E-state index contributed by atoms with van der Waals surface area (Å²) in [5, 5.41) is 8.47. The summed E-state index contributed by atoms with van der Waals surface area (Å²) in [5.41, 5.74) is 3.63. The number of hydrogen-bond acceptors (Lipinski definition) is 7. The maximum atomic E-state index is 12.7. The minimum atomic E-state index is -0.489. The Morgan fingerprint density at radius 2 is 1.76 bits per heavy atom. The molecule has 3 N–H and O–H groups in total. The summed E-state index contributed by atoms with van der Waals surface area (Å²) in [4.78, 5) is 31.7. The Morgan fingerprint density at radius 1 is 0.976 bits per heavy atom. The lowest BCUT2D eigenvalue weighted by Crippen LogP contribution is -2.32. The van der Waals surface area contributed by atoms with Crippen LogP contribution in [0, 0.1) is 0 Å². The van der Waals surface area contributed by atoms with Gasteiger partial charge in [0.15, 0.2) is 12.2 Å². The molecule has 1 aliphatic rings. The van der Waals surface area contributed by atoms with Crippen LogP contribution >= 0.6 is 0 Å². The fourth-order valence-corrected chi connectivity index (χ4v) is 4.80. The van der Waals surface area contributed by atoms with Crippen molar-refractivity contribution in [3.05, 3.63) is 96.5 Å². The smallest absolute Gasteiger partial charge is 0.408 e. The van der Waals surface area contributed by atoms with Gasteiger partial charge >= 0.3 is 12.1 Å². The van der Waals surface area contributed by atoms with Gasteiger partial charge in [0.25, 0.3) is 0 Å². The van der Waals surface area contributed by atoms with Gasteiger partial charge in [-0.1, -0.05) is 42.5 Å². The molecule has 1 aliphatic heterocycles. The standard InChI is InChI=1S/C31H33N5O5/c1-39-27-17-25(12-13-26(27)28-19-32-21-40-28)35-30(37)34-24-11-7-8-22(16-24)18-33-31(38)41-29(20-36-14-5-6-15-36)23-9-3-2-4-10-23/h2-4,7-13,16-17,19,21,29H,5-6,14-15,18,20H2,1H3,(H,33,38)(H2,34,35,37). The van der Waals surface area contributed by atoms with Crippen molar-refractivity contribution in [1.82, 2.24) is 15.2 Å². The highest BCUT2D eigenvalue weighted by atomic mass is 16.6. The zero-order valence-electron chi connectivity index (χ0n) is 22.8. The highest BCUT2D eigenvalue weighted by Crippen LogP contribution is 2.32. The van der Waals surface area contributed by atoms with Crippen LogP contribution < -0.4 is 20.7 Å². The zero-order valence-corrected chi connectivity index (χ0v) is 22.8. The number of oxazole rings is 1. The van der Waals surface area contributed by atoms with E-state index in [1.54, 1.807) is 43.6 Å². The summed E-state index contributed by atoms with van der Waals surface area (Å²) in [6.45, 7) is 2.95. The number of hydrogen-bond donors (Lipinski definition) is 3. The monoisotopic (exact) mass is 555 g/mol. The molecule has 212 valence electrons. The van der Waals surface area contributed by atoms with E-state index in [9.17, 15) is 9.59 Å². The van der Waals surface area contributed by atoms with Crippen molar-refractivity contribution in [3.8, 4) is 17.1 Å². The number of likely N-dealkylation sites (tertiary alicyclic amines) is 1. The van der Waals surface area contributed by atoms with Crippen LogP contribution in [0.3, 0.4) is 0 Å². The number of nitrogens with zero attached hydrogens (tertiary/aromatic N) is 2. The molecule has 1 saturated heterocycles. The predicted octanol–water partition coefficient (Wildman–Crippen LogP) is 6.06. The highest BCUT2D eigenvalue weighted by Gasteiger charge is 2.22. The van der Waals surface area contributed by atoms with Crippen LogP contribution in [0.25, 0.3) is 11.3 Å². The number of carbonyl (C=O) groups is 2. The zero-order chi connectivity index (χ0) is 28.4. The maximum Gasteiger partial charge on any atom is 0.408 e. The molecule has 3 amide bonds. The van der Waals surface area contributed by atoms with E-state index in [1.165, 1.54) is 19.2 Å². The first kappa shape index (κ1) is 27.7. The van der Waals surface area contributed by atoms with Gasteiger partial charge in [-0.15, -0.1) is 0 Å². The van der Waals surface area contributed by atoms with Crippen LogP contribution in [-0.4, -0.2) is 48.8 Å². The first-order chi connectivity index (χ1) is 20.1. The first-order valence-corrected chi connectivity index (χ1v) is 13.5. The minimum Gasteiger partial charge on any atom is -0.496 e. The Morgan fingerprint density at radius 3 is 2.49 bits per heavy atom. The number of carbonyl (C=O) groups excluding carboxylic acids is 2. The molecule has 0 radical (unpaired) electrons. The molecule has 1 aromatic heterocycles. The fraction of sp³-hybridized carbons (Fsp3) is 0.258. The first-order valence-electron chi connectivity index (χ1n) is 13.5. The summed E-state index contributed by atoms with van der Waals surface area (Å²) in [6, 6.07) is 21.9. The Bertz CT molecular complexity index is 1440. The number of rotatable bonds is 10. The SMILES string of the molecule is COc1cc(NC(=O)Nc2cccc(CNC(=O)OC(CN3CCCC3)c3ccccc3)c2)ccc1-c1cnco1. The summed E-state index contributed by atoms with van der Waals surface area (Å²) >= 11 is 0. The Balaban J connectivity index is 1.15. The van der Waals surface area contributed by atoms with E-state index in [4.69, 9.17) is 13.9 Å². The number of urea groups is 1. The lowest BCUT2D eigenvalue weighted by Gasteiger charge is -2.24. The van der Waals surface area contributed by atoms with Gasteiger partial charge in [-0.3, -0.25) is 4.90 Å². The normalized spacial score (nSPS) is 13.8. The maximum absolute atomic E-state index is 12.7. The summed E-state index contributed by atoms with van der Waals surface area (Å²) in [6.07, 6.45) is 4.43. The van der Waals surface area contributed by atoms with Crippen molar-refractivity contribution < 1.29 is 23.5 Å². The molecule has 10 heteroatoms. The Kier molecular flexibility index (Phi) is 9.12. The number of alkyl carbamates (subject to hydrolysis) is 1. The summed E-state index contributed by atoms with van der Waals surface area (Å²) in [7, 11) is 1.55. The van der Waals surface area contributed by atoms with Gasteiger partial charge in [-0.25, -0.2) is 14.6 Å². The van der Waals surface area contributed by atoms with E-state index < -0.39 is 12.1 Å². The van der Waals surface area contributed by atoms with Crippen molar-refractivity contribution in [3.63, 3.8) is 0 Å². The molecule has 1 atom stereocenters. The second-order valence-corrected chi connectivity index (χ2v) is 9.73. The van der Waals surface area contributed by atoms with E-state index in [1.807, 2.05) is 42.5 Å². The molecular weight excluding hydrogens is 522 g/mol. The topological polar surface area (TPSA) is 118 Å². The second kappa shape index (κ2) is 13.5. The van der Waals surface area contributed by atoms with Crippen LogP contribution in [0.5, 0.6) is 5.75 Å². The molecule has 3 aromatic carbocycles. The predicted molar refractivity (Wildman–Crippen MR) is 156 cm³/mol. The lowest BCUT2D eigenvalue weighted by atomic mass is 10.1. The average Bonchev–Trinajstić information content (AvgIpc) is 3.71. The van der Waals surface area contributed by atoms with Crippen molar-refractivity contribution >= 4 is 23.5 Å². The van der Waals surface area contributed by atoms with Crippen LogP contribution in [0.15, 0.2) is 89.8 Å². The molecule has 41 heavy (non-hydrogen) atoms. The molecule has 10 nitrogen and oxygen atoms in total. The van der Waals surface area contributed by atoms with Gasteiger partial charge in [-0.05, 0) is 61.3 Å². The minimum absolute atomic E-state index is 0.251. The number of methoxy groups -OCH3 is 1. The molecule has 0 bridgehead atoms. The van der Waals surface area contributed by atoms with E-state index in [-0.39, 0.29) is 12.6 Å². The van der Waals surface area contributed by atoms with Gasteiger partial charge < -0.3 is 29.8 Å². The third-order valence-electron chi connectivity index (χ3n) is 6.82. The number of benzene rings is 3. The van der Waals surface area contributed by atoms with Gasteiger partial charge in [0.2, 0.25) is 0 Å².